The van der Waals surface area contributed by atoms with Crippen molar-refractivity contribution < 1.29 is 9.53 Å². The number of fused-ring (bicyclic) bond motifs is 1. The molecule has 0 saturated heterocycles. The molecule has 0 radical (unpaired) electrons. The summed E-state index contributed by atoms with van der Waals surface area (Å²) >= 11 is 0. The largest absolute Gasteiger partial charge is 0.497 e. The molecular weight excluding hydrogens is 248 g/mol. The van der Waals surface area contributed by atoms with Crippen LogP contribution in [0.3, 0.4) is 0 Å². The van der Waals surface area contributed by atoms with Gasteiger partial charge in [0.2, 0.25) is 0 Å². The Balaban J connectivity index is 2.01. The molecule has 0 aromatic heterocycles. The van der Waals surface area contributed by atoms with Crippen LogP contribution >= 0.6 is 0 Å². The van der Waals surface area contributed by atoms with Crippen molar-refractivity contribution in [3.8, 4) is 5.75 Å². The van der Waals surface area contributed by atoms with E-state index in [1.54, 1.807) is 7.11 Å². The number of carbonyl (C=O) groups is 1. The van der Waals surface area contributed by atoms with Gasteiger partial charge in [-0.05, 0) is 29.7 Å². The van der Waals surface area contributed by atoms with Crippen LogP contribution in [0.15, 0.2) is 54.6 Å². The predicted molar refractivity (Wildman–Crippen MR) is 80.2 cm³/mol. The first kappa shape index (κ1) is 12.7. The topological polar surface area (TPSA) is 26.3 Å². The van der Waals surface area contributed by atoms with E-state index < -0.39 is 0 Å². The van der Waals surface area contributed by atoms with Crippen LogP contribution in [0, 0.1) is 0 Å². The smallest absolute Gasteiger partial charge is 0.170 e. The van der Waals surface area contributed by atoms with Crippen LogP contribution in [0.1, 0.15) is 33.8 Å². The van der Waals surface area contributed by atoms with E-state index in [2.05, 4.69) is 12.2 Å². The summed E-state index contributed by atoms with van der Waals surface area (Å²) in [4.78, 5) is 12.7. The minimum absolute atomic E-state index is 0.118. The van der Waals surface area contributed by atoms with Gasteiger partial charge in [0.05, 0.1) is 13.0 Å². The van der Waals surface area contributed by atoms with Crippen LogP contribution in [0.5, 0.6) is 5.75 Å². The first-order chi connectivity index (χ1) is 9.79. The summed E-state index contributed by atoms with van der Waals surface area (Å²) in [5.41, 5.74) is 2.92. The van der Waals surface area contributed by atoms with Gasteiger partial charge in [0, 0.05) is 5.56 Å². The highest BCUT2D eigenvalue weighted by atomic mass is 16.5. The third-order valence-electron chi connectivity index (χ3n) is 3.71. The Morgan fingerprint density at radius 3 is 2.70 bits per heavy atom. The Morgan fingerprint density at radius 1 is 1.15 bits per heavy atom. The van der Waals surface area contributed by atoms with E-state index in [1.165, 1.54) is 0 Å². The Labute approximate surface area is 118 Å². The normalized spacial score (nSPS) is 16.6. The molecule has 2 aromatic carbocycles. The van der Waals surface area contributed by atoms with Gasteiger partial charge in [0.15, 0.2) is 5.78 Å². The average molecular weight is 264 g/mol. The molecule has 1 aliphatic rings. The SMILES string of the molecule is COc1ccc2c(c1)C(C(=O)c1ccccc1)CC=C2. The van der Waals surface area contributed by atoms with Crippen LogP contribution in [0.25, 0.3) is 6.08 Å². The summed E-state index contributed by atoms with van der Waals surface area (Å²) in [6.07, 6.45) is 4.89. The molecule has 2 nitrogen and oxygen atoms in total. The lowest BCUT2D eigenvalue weighted by molar-refractivity contribution is 0.0959. The molecule has 0 aliphatic heterocycles. The molecular formula is C18H16O2. The summed E-state index contributed by atoms with van der Waals surface area (Å²) < 4.78 is 5.28. The number of allylic oxidation sites excluding steroid dienone is 1. The highest BCUT2D eigenvalue weighted by Gasteiger charge is 2.25. The molecule has 20 heavy (non-hydrogen) atoms. The number of rotatable bonds is 3. The van der Waals surface area contributed by atoms with Gasteiger partial charge < -0.3 is 4.74 Å². The molecule has 1 unspecified atom stereocenters. The van der Waals surface area contributed by atoms with Crippen molar-refractivity contribution >= 4 is 11.9 Å². The van der Waals surface area contributed by atoms with Crippen LogP contribution in [-0.2, 0) is 0 Å². The van der Waals surface area contributed by atoms with Crippen molar-refractivity contribution in [2.75, 3.05) is 7.11 Å². The molecule has 3 rings (SSSR count). The van der Waals surface area contributed by atoms with Crippen LogP contribution < -0.4 is 4.74 Å². The van der Waals surface area contributed by atoms with E-state index in [4.69, 9.17) is 4.74 Å². The minimum atomic E-state index is -0.118. The minimum Gasteiger partial charge on any atom is -0.497 e. The third kappa shape index (κ3) is 2.25. The van der Waals surface area contributed by atoms with Gasteiger partial charge in [0.1, 0.15) is 5.75 Å². The van der Waals surface area contributed by atoms with E-state index >= 15 is 0 Å². The third-order valence-corrected chi connectivity index (χ3v) is 3.71. The van der Waals surface area contributed by atoms with Gasteiger partial charge in [-0.25, -0.2) is 0 Å². The Hall–Kier alpha value is -2.35. The maximum atomic E-state index is 12.7. The highest BCUT2D eigenvalue weighted by molar-refractivity contribution is 6.02. The second-order valence-electron chi connectivity index (χ2n) is 4.92. The van der Waals surface area contributed by atoms with E-state index in [9.17, 15) is 4.79 Å². The lowest BCUT2D eigenvalue weighted by Crippen LogP contribution is -2.15. The maximum Gasteiger partial charge on any atom is 0.170 e. The first-order valence-electron chi connectivity index (χ1n) is 6.73. The quantitative estimate of drug-likeness (QED) is 0.781. The first-order valence-corrected chi connectivity index (χ1v) is 6.73. The number of ketones is 1. The fourth-order valence-electron chi connectivity index (χ4n) is 2.64. The summed E-state index contributed by atoms with van der Waals surface area (Å²) in [5, 5.41) is 0. The molecule has 1 aliphatic carbocycles. The van der Waals surface area contributed by atoms with Crippen molar-refractivity contribution in [3.05, 3.63) is 71.3 Å². The van der Waals surface area contributed by atoms with Gasteiger partial charge in [-0.3, -0.25) is 4.79 Å². The summed E-state index contributed by atoms with van der Waals surface area (Å²) in [5.74, 6) is 0.849. The molecule has 100 valence electrons. The van der Waals surface area contributed by atoms with Gasteiger partial charge in [-0.2, -0.15) is 0 Å². The summed E-state index contributed by atoms with van der Waals surface area (Å²) in [6.45, 7) is 0. The van der Waals surface area contributed by atoms with Crippen molar-refractivity contribution in [3.63, 3.8) is 0 Å². The summed E-state index contributed by atoms with van der Waals surface area (Å²) in [6, 6.07) is 15.4. The Morgan fingerprint density at radius 2 is 1.95 bits per heavy atom. The number of Topliss-reactive ketones (excluding diaryl/α,β-unsaturated/α-hetero) is 1. The zero-order valence-corrected chi connectivity index (χ0v) is 11.4. The second kappa shape index (κ2) is 5.33. The molecule has 0 fully saturated rings. The Kier molecular flexibility index (Phi) is 3.38. The van der Waals surface area contributed by atoms with Gasteiger partial charge in [-0.1, -0.05) is 48.6 Å². The van der Waals surface area contributed by atoms with Gasteiger partial charge in [-0.15, -0.1) is 0 Å². The number of carbonyl (C=O) groups excluding carboxylic acids is 1. The molecule has 0 saturated carbocycles. The predicted octanol–water partition coefficient (Wildman–Crippen LogP) is 4.08. The monoisotopic (exact) mass is 264 g/mol. The van der Waals surface area contributed by atoms with E-state index in [1.807, 2.05) is 48.5 Å². The molecule has 1 atom stereocenters. The molecule has 0 bridgehead atoms. The van der Waals surface area contributed by atoms with Crippen molar-refractivity contribution in [1.82, 2.24) is 0 Å². The lowest BCUT2D eigenvalue weighted by Gasteiger charge is -2.21. The molecule has 0 N–H and O–H groups in total. The fraction of sp³-hybridized carbons (Fsp3) is 0.167. The number of methoxy groups -OCH3 is 1. The van der Waals surface area contributed by atoms with Gasteiger partial charge in [0.25, 0.3) is 0 Å². The zero-order chi connectivity index (χ0) is 13.9. The maximum absolute atomic E-state index is 12.7. The van der Waals surface area contributed by atoms with Crippen LogP contribution in [-0.4, -0.2) is 12.9 Å². The number of benzene rings is 2. The van der Waals surface area contributed by atoms with Crippen molar-refractivity contribution in [2.45, 2.75) is 12.3 Å². The van der Waals surface area contributed by atoms with Crippen LogP contribution in [0.2, 0.25) is 0 Å². The van der Waals surface area contributed by atoms with Gasteiger partial charge >= 0.3 is 0 Å². The van der Waals surface area contributed by atoms with Crippen LogP contribution in [0.4, 0.5) is 0 Å². The summed E-state index contributed by atoms with van der Waals surface area (Å²) in [7, 11) is 1.65. The molecule has 0 heterocycles. The zero-order valence-electron chi connectivity index (χ0n) is 11.4. The average Bonchev–Trinajstić information content (AvgIpc) is 2.54. The molecule has 0 spiro atoms. The molecule has 0 amide bonds. The standard InChI is InChI=1S/C18H16O2/c1-20-15-11-10-13-8-5-9-16(17(13)12-15)18(19)14-6-3-2-4-7-14/h2-8,10-12,16H,9H2,1H3. The van der Waals surface area contributed by atoms with E-state index in [0.717, 1.165) is 28.9 Å². The lowest BCUT2D eigenvalue weighted by atomic mass is 9.82. The van der Waals surface area contributed by atoms with Crippen molar-refractivity contribution in [2.24, 2.45) is 0 Å². The van der Waals surface area contributed by atoms with Crippen molar-refractivity contribution in [1.29, 1.82) is 0 Å². The van der Waals surface area contributed by atoms with E-state index in [-0.39, 0.29) is 11.7 Å². The number of ether oxygens (including phenoxy) is 1. The number of hydrogen-bond acceptors (Lipinski definition) is 2. The Bertz CT molecular complexity index is 656. The van der Waals surface area contributed by atoms with E-state index in [0.29, 0.717) is 0 Å². The highest BCUT2D eigenvalue weighted by Crippen LogP contribution is 2.34. The molecule has 2 heteroatoms. The molecule has 2 aromatic rings. The second-order valence-corrected chi connectivity index (χ2v) is 4.92. The number of hydrogen-bond donors (Lipinski definition) is 0. The fourth-order valence-corrected chi connectivity index (χ4v) is 2.64.